The summed E-state index contributed by atoms with van der Waals surface area (Å²) in [6.45, 7) is 4.96. The molecule has 1 aromatic heterocycles. The molecule has 2 aromatic rings. The molecule has 1 saturated heterocycles. The van der Waals surface area contributed by atoms with Crippen LogP contribution in [0.4, 0.5) is 5.69 Å². The van der Waals surface area contributed by atoms with Crippen molar-refractivity contribution in [2.45, 2.75) is 26.8 Å². The molecular formula is C19H21N3O2. The summed E-state index contributed by atoms with van der Waals surface area (Å²) in [5.41, 5.74) is 4.20. The second-order valence-electron chi connectivity index (χ2n) is 6.25. The molecule has 1 N–H and O–H groups in total. The van der Waals surface area contributed by atoms with E-state index in [9.17, 15) is 9.59 Å². The highest BCUT2D eigenvalue weighted by Crippen LogP contribution is 2.26. The Morgan fingerprint density at radius 3 is 2.67 bits per heavy atom. The van der Waals surface area contributed by atoms with Gasteiger partial charge in [-0.2, -0.15) is 0 Å². The number of rotatable bonds is 4. The van der Waals surface area contributed by atoms with Crippen molar-refractivity contribution in [2.24, 2.45) is 5.92 Å². The average molecular weight is 323 g/mol. The predicted molar refractivity (Wildman–Crippen MR) is 92.5 cm³/mol. The number of anilines is 1. The van der Waals surface area contributed by atoms with Crippen LogP contribution < -0.4 is 10.2 Å². The van der Waals surface area contributed by atoms with E-state index < -0.39 is 0 Å². The fraction of sp³-hybridized carbons (Fsp3) is 0.316. The molecule has 5 nitrogen and oxygen atoms in total. The van der Waals surface area contributed by atoms with Crippen molar-refractivity contribution in [3.63, 3.8) is 0 Å². The first-order valence-electron chi connectivity index (χ1n) is 8.09. The number of carbonyl (C=O) groups is 2. The lowest BCUT2D eigenvalue weighted by molar-refractivity contribution is -0.126. The zero-order valence-electron chi connectivity index (χ0n) is 14.0. The van der Waals surface area contributed by atoms with Gasteiger partial charge in [0.15, 0.2) is 0 Å². The van der Waals surface area contributed by atoms with Crippen LogP contribution in [0.1, 0.15) is 23.1 Å². The van der Waals surface area contributed by atoms with Crippen LogP contribution in [0.25, 0.3) is 0 Å². The second kappa shape index (κ2) is 6.83. The van der Waals surface area contributed by atoms with Crippen LogP contribution >= 0.6 is 0 Å². The van der Waals surface area contributed by atoms with Crippen LogP contribution in [-0.2, 0) is 16.1 Å². The van der Waals surface area contributed by atoms with Crippen LogP contribution in [0.5, 0.6) is 0 Å². The van der Waals surface area contributed by atoms with Crippen molar-refractivity contribution in [3.8, 4) is 0 Å². The molecule has 0 unspecified atom stereocenters. The molecule has 0 saturated carbocycles. The lowest BCUT2D eigenvalue weighted by Crippen LogP contribution is -2.32. The number of aromatic nitrogens is 1. The van der Waals surface area contributed by atoms with Crippen LogP contribution in [0.2, 0.25) is 0 Å². The largest absolute Gasteiger partial charge is 0.352 e. The molecule has 1 fully saturated rings. The molecule has 124 valence electrons. The highest BCUT2D eigenvalue weighted by Gasteiger charge is 2.35. The molecule has 3 rings (SSSR count). The van der Waals surface area contributed by atoms with Crippen LogP contribution in [0, 0.1) is 19.8 Å². The van der Waals surface area contributed by atoms with Gasteiger partial charge in [0.1, 0.15) is 0 Å². The van der Waals surface area contributed by atoms with E-state index in [1.165, 1.54) is 5.56 Å². The minimum atomic E-state index is -0.305. The minimum absolute atomic E-state index is 0.00214. The van der Waals surface area contributed by atoms with Crippen molar-refractivity contribution in [2.75, 3.05) is 11.4 Å². The summed E-state index contributed by atoms with van der Waals surface area (Å²) in [5.74, 6) is -0.380. The maximum atomic E-state index is 12.4. The molecule has 0 aliphatic carbocycles. The highest BCUT2D eigenvalue weighted by molar-refractivity contribution is 6.00. The zero-order chi connectivity index (χ0) is 17.1. The predicted octanol–water partition coefficient (Wildman–Crippen LogP) is 2.37. The lowest BCUT2D eigenvalue weighted by atomic mass is 10.1. The summed E-state index contributed by atoms with van der Waals surface area (Å²) in [4.78, 5) is 30.3. The third-order valence-electron chi connectivity index (χ3n) is 4.51. The lowest BCUT2D eigenvalue weighted by Gasteiger charge is -2.18. The topological polar surface area (TPSA) is 62.3 Å². The summed E-state index contributed by atoms with van der Waals surface area (Å²) in [6.07, 6.45) is 3.65. The van der Waals surface area contributed by atoms with Crippen LogP contribution in [-0.4, -0.2) is 23.3 Å². The Bertz CT molecular complexity index is 758. The first-order chi connectivity index (χ1) is 11.5. The standard InChI is InChI=1S/C19H21N3O2/c1-13-3-4-17(9-14(13)2)22-12-16(10-18(22)23)19(24)21-11-15-5-7-20-8-6-15/h3-9,16H,10-12H2,1-2H3,(H,21,24)/t16-/m1/s1. The molecule has 2 amide bonds. The minimum Gasteiger partial charge on any atom is -0.352 e. The third-order valence-corrected chi connectivity index (χ3v) is 4.51. The van der Waals surface area contributed by atoms with Gasteiger partial charge >= 0.3 is 0 Å². The number of hydrogen-bond acceptors (Lipinski definition) is 3. The van der Waals surface area contributed by atoms with E-state index in [0.29, 0.717) is 13.1 Å². The van der Waals surface area contributed by atoms with Crippen molar-refractivity contribution in [3.05, 3.63) is 59.4 Å². The molecule has 0 spiro atoms. The van der Waals surface area contributed by atoms with E-state index >= 15 is 0 Å². The Morgan fingerprint density at radius 1 is 1.21 bits per heavy atom. The van der Waals surface area contributed by atoms with E-state index in [2.05, 4.69) is 10.3 Å². The Hall–Kier alpha value is -2.69. The molecule has 0 radical (unpaired) electrons. The molecule has 1 aromatic carbocycles. The third kappa shape index (κ3) is 3.45. The van der Waals surface area contributed by atoms with Crippen molar-refractivity contribution < 1.29 is 9.59 Å². The molecule has 1 aliphatic heterocycles. The smallest absolute Gasteiger partial charge is 0.227 e. The quantitative estimate of drug-likeness (QED) is 0.939. The fourth-order valence-electron chi connectivity index (χ4n) is 2.86. The van der Waals surface area contributed by atoms with E-state index in [0.717, 1.165) is 16.8 Å². The molecule has 1 aliphatic rings. The van der Waals surface area contributed by atoms with Gasteiger partial charge in [-0.1, -0.05) is 6.07 Å². The maximum absolute atomic E-state index is 12.4. The number of aryl methyl sites for hydroxylation is 2. The van der Waals surface area contributed by atoms with Gasteiger partial charge in [0.2, 0.25) is 11.8 Å². The Morgan fingerprint density at radius 2 is 1.96 bits per heavy atom. The highest BCUT2D eigenvalue weighted by atomic mass is 16.2. The normalized spacial score (nSPS) is 17.2. The SMILES string of the molecule is Cc1ccc(N2C[C@H](C(=O)NCc3ccncc3)CC2=O)cc1C. The molecule has 24 heavy (non-hydrogen) atoms. The van der Waals surface area contributed by atoms with Gasteiger partial charge in [0.05, 0.1) is 5.92 Å². The number of nitrogens with zero attached hydrogens (tertiary/aromatic N) is 2. The number of nitrogens with one attached hydrogen (secondary N) is 1. The summed E-state index contributed by atoms with van der Waals surface area (Å²) in [7, 11) is 0. The van der Waals surface area contributed by atoms with E-state index in [4.69, 9.17) is 0 Å². The second-order valence-corrected chi connectivity index (χ2v) is 6.25. The Balaban J connectivity index is 1.63. The maximum Gasteiger partial charge on any atom is 0.227 e. The number of amides is 2. The van der Waals surface area contributed by atoms with E-state index in [-0.39, 0.29) is 24.2 Å². The monoisotopic (exact) mass is 323 g/mol. The van der Waals surface area contributed by atoms with Crippen LogP contribution in [0.3, 0.4) is 0 Å². The van der Waals surface area contributed by atoms with Gasteiger partial charge in [-0.15, -0.1) is 0 Å². The first kappa shape index (κ1) is 16.2. The van der Waals surface area contributed by atoms with E-state index in [1.807, 2.05) is 44.2 Å². The number of pyridine rings is 1. The summed E-state index contributed by atoms with van der Waals surface area (Å²) < 4.78 is 0. The van der Waals surface area contributed by atoms with Crippen molar-refractivity contribution in [1.29, 1.82) is 0 Å². The average Bonchev–Trinajstić information content (AvgIpc) is 2.98. The van der Waals surface area contributed by atoms with Gasteiger partial charge in [-0.05, 0) is 54.8 Å². The molecule has 2 heterocycles. The van der Waals surface area contributed by atoms with Crippen LogP contribution in [0.15, 0.2) is 42.7 Å². The summed E-state index contributed by atoms with van der Waals surface area (Å²) >= 11 is 0. The summed E-state index contributed by atoms with van der Waals surface area (Å²) in [6, 6.07) is 9.68. The van der Waals surface area contributed by atoms with Gasteiger partial charge < -0.3 is 10.2 Å². The van der Waals surface area contributed by atoms with Gasteiger partial charge in [-0.25, -0.2) is 0 Å². The van der Waals surface area contributed by atoms with Gasteiger partial charge in [0, 0.05) is 37.6 Å². The Labute approximate surface area is 141 Å². The number of benzene rings is 1. The number of hydrogen-bond donors (Lipinski definition) is 1. The molecular weight excluding hydrogens is 302 g/mol. The first-order valence-corrected chi connectivity index (χ1v) is 8.09. The van der Waals surface area contributed by atoms with Gasteiger partial charge in [0.25, 0.3) is 0 Å². The summed E-state index contributed by atoms with van der Waals surface area (Å²) in [5, 5.41) is 2.91. The fourth-order valence-corrected chi connectivity index (χ4v) is 2.86. The molecule has 5 heteroatoms. The van der Waals surface area contributed by atoms with Gasteiger partial charge in [-0.3, -0.25) is 14.6 Å². The zero-order valence-corrected chi connectivity index (χ0v) is 14.0. The molecule has 1 atom stereocenters. The van der Waals surface area contributed by atoms with E-state index in [1.54, 1.807) is 17.3 Å². The molecule has 0 bridgehead atoms. The van der Waals surface area contributed by atoms with Crippen molar-refractivity contribution >= 4 is 17.5 Å². The van der Waals surface area contributed by atoms with Crippen molar-refractivity contribution in [1.82, 2.24) is 10.3 Å². The number of carbonyl (C=O) groups excluding carboxylic acids is 2. The Kier molecular flexibility index (Phi) is 4.60.